The van der Waals surface area contributed by atoms with Gasteiger partial charge < -0.3 is 5.32 Å². The molecule has 0 amide bonds. The molecule has 0 fully saturated rings. The summed E-state index contributed by atoms with van der Waals surface area (Å²) in [4.78, 5) is 8.65. The molecule has 2 aromatic carbocycles. The van der Waals surface area contributed by atoms with Crippen molar-refractivity contribution in [3.8, 4) is 0 Å². The SMILES string of the molecule is Fc1ccc(Nc2nc3ccccc3nc2Cl)cc1. The van der Waals surface area contributed by atoms with Gasteiger partial charge >= 0.3 is 0 Å². The molecule has 0 unspecified atom stereocenters. The summed E-state index contributed by atoms with van der Waals surface area (Å²) in [6.07, 6.45) is 0. The van der Waals surface area contributed by atoms with E-state index in [0.29, 0.717) is 11.5 Å². The summed E-state index contributed by atoms with van der Waals surface area (Å²) >= 11 is 6.07. The van der Waals surface area contributed by atoms with Gasteiger partial charge in [0.25, 0.3) is 0 Å². The van der Waals surface area contributed by atoms with E-state index in [1.54, 1.807) is 12.1 Å². The van der Waals surface area contributed by atoms with Gasteiger partial charge in [0.15, 0.2) is 11.0 Å². The lowest BCUT2D eigenvalue weighted by Gasteiger charge is -2.08. The highest BCUT2D eigenvalue weighted by Gasteiger charge is 2.06. The third kappa shape index (κ3) is 2.48. The Morgan fingerprint density at radius 2 is 1.53 bits per heavy atom. The lowest BCUT2D eigenvalue weighted by Crippen LogP contribution is -1.97. The van der Waals surface area contributed by atoms with Crippen molar-refractivity contribution in [2.45, 2.75) is 0 Å². The van der Waals surface area contributed by atoms with E-state index in [0.717, 1.165) is 11.0 Å². The molecule has 0 aliphatic carbocycles. The van der Waals surface area contributed by atoms with Crippen molar-refractivity contribution < 1.29 is 4.39 Å². The van der Waals surface area contributed by atoms with Gasteiger partial charge in [0.05, 0.1) is 11.0 Å². The van der Waals surface area contributed by atoms with Crippen LogP contribution >= 0.6 is 11.6 Å². The summed E-state index contributed by atoms with van der Waals surface area (Å²) in [5.41, 5.74) is 2.18. The van der Waals surface area contributed by atoms with Crippen molar-refractivity contribution in [2.75, 3.05) is 5.32 Å². The summed E-state index contributed by atoms with van der Waals surface area (Å²) < 4.78 is 12.8. The normalized spacial score (nSPS) is 10.6. The van der Waals surface area contributed by atoms with E-state index >= 15 is 0 Å². The van der Waals surface area contributed by atoms with Crippen molar-refractivity contribution in [3.05, 3.63) is 59.5 Å². The molecule has 0 atom stereocenters. The van der Waals surface area contributed by atoms with Crippen molar-refractivity contribution in [1.29, 1.82) is 0 Å². The second-order valence-electron chi connectivity index (χ2n) is 3.98. The van der Waals surface area contributed by atoms with Gasteiger partial charge in [0.2, 0.25) is 0 Å². The molecule has 0 aliphatic rings. The predicted molar refractivity (Wildman–Crippen MR) is 74.2 cm³/mol. The molecule has 0 aliphatic heterocycles. The first-order chi connectivity index (χ1) is 9.22. The van der Waals surface area contributed by atoms with Gasteiger partial charge in [-0.15, -0.1) is 0 Å². The summed E-state index contributed by atoms with van der Waals surface area (Å²) in [7, 11) is 0. The second kappa shape index (κ2) is 4.82. The molecule has 0 saturated heterocycles. The van der Waals surface area contributed by atoms with E-state index in [2.05, 4.69) is 15.3 Å². The molecule has 1 N–H and O–H groups in total. The fraction of sp³-hybridized carbons (Fsp3) is 0. The van der Waals surface area contributed by atoms with Crippen LogP contribution in [-0.4, -0.2) is 9.97 Å². The van der Waals surface area contributed by atoms with Gasteiger partial charge in [-0.25, -0.2) is 14.4 Å². The third-order valence-electron chi connectivity index (χ3n) is 2.63. The van der Waals surface area contributed by atoms with Crippen molar-refractivity contribution in [1.82, 2.24) is 9.97 Å². The molecule has 3 nitrogen and oxygen atoms in total. The minimum Gasteiger partial charge on any atom is -0.338 e. The van der Waals surface area contributed by atoms with Crippen LogP contribution in [0.3, 0.4) is 0 Å². The Balaban J connectivity index is 2.00. The van der Waals surface area contributed by atoms with Gasteiger partial charge in [0, 0.05) is 5.69 Å². The summed E-state index contributed by atoms with van der Waals surface area (Å²) in [5.74, 6) is 0.160. The molecule has 0 bridgehead atoms. The maximum atomic E-state index is 12.8. The number of fused-ring (bicyclic) bond motifs is 1. The van der Waals surface area contributed by atoms with Crippen molar-refractivity contribution in [3.63, 3.8) is 0 Å². The Morgan fingerprint density at radius 3 is 2.21 bits per heavy atom. The molecule has 1 heterocycles. The van der Waals surface area contributed by atoms with Crippen LogP contribution < -0.4 is 5.32 Å². The molecule has 0 radical (unpaired) electrons. The lowest BCUT2D eigenvalue weighted by molar-refractivity contribution is 0.628. The molecule has 3 rings (SSSR count). The van der Waals surface area contributed by atoms with Gasteiger partial charge in [-0.1, -0.05) is 23.7 Å². The fourth-order valence-corrected chi connectivity index (χ4v) is 1.91. The zero-order chi connectivity index (χ0) is 13.2. The first-order valence-electron chi connectivity index (χ1n) is 5.67. The Morgan fingerprint density at radius 1 is 0.895 bits per heavy atom. The number of hydrogen-bond acceptors (Lipinski definition) is 3. The third-order valence-corrected chi connectivity index (χ3v) is 2.90. The monoisotopic (exact) mass is 273 g/mol. The van der Waals surface area contributed by atoms with E-state index in [9.17, 15) is 4.39 Å². The first-order valence-corrected chi connectivity index (χ1v) is 6.05. The van der Waals surface area contributed by atoms with Crippen LogP contribution in [0.25, 0.3) is 11.0 Å². The smallest absolute Gasteiger partial charge is 0.172 e. The van der Waals surface area contributed by atoms with Gasteiger partial charge in [-0.3, -0.25) is 0 Å². The summed E-state index contributed by atoms with van der Waals surface area (Å²) in [6, 6.07) is 13.4. The van der Waals surface area contributed by atoms with Crippen LogP contribution in [0.1, 0.15) is 0 Å². The summed E-state index contributed by atoms with van der Waals surface area (Å²) in [5, 5.41) is 3.30. The highest BCUT2D eigenvalue weighted by Crippen LogP contribution is 2.24. The highest BCUT2D eigenvalue weighted by atomic mass is 35.5. The molecule has 19 heavy (non-hydrogen) atoms. The Labute approximate surface area is 114 Å². The molecular formula is C14H9ClFN3. The van der Waals surface area contributed by atoms with Crippen LogP contribution in [0.5, 0.6) is 0 Å². The van der Waals surface area contributed by atoms with Crippen LogP contribution in [0.4, 0.5) is 15.9 Å². The maximum Gasteiger partial charge on any atom is 0.172 e. The number of nitrogens with zero attached hydrogens (tertiary/aromatic N) is 2. The predicted octanol–water partition coefficient (Wildman–Crippen LogP) is 4.17. The van der Waals surface area contributed by atoms with Crippen LogP contribution in [0, 0.1) is 5.82 Å². The fourth-order valence-electron chi connectivity index (χ4n) is 1.73. The van der Waals surface area contributed by atoms with E-state index < -0.39 is 0 Å². The largest absolute Gasteiger partial charge is 0.338 e. The minimum atomic E-state index is -0.291. The molecule has 5 heteroatoms. The number of hydrogen-bond donors (Lipinski definition) is 1. The molecule has 0 saturated carbocycles. The van der Waals surface area contributed by atoms with Gasteiger partial charge in [-0.2, -0.15) is 0 Å². The standard InChI is InChI=1S/C14H9ClFN3/c15-13-14(17-10-7-5-9(16)6-8-10)19-12-4-2-1-3-11(12)18-13/h1-8H,(H,17,19). The average Bonchev–Trinajstić information content (AvgIpc) is 2.42. The molecule has 0 spiro atoms. The van der Waals surface area contributed by atoms with Crippen molar-refractivity contribution >= 4 is 34.1 Å². The molecule has 1 aromatic heterocycles. The Bertz CT molecular complexity index is 728. The van der Waals surface area contributed by atoms with Crippen LogP contribution in [0.2, 0.25) is 5.15 Å². The highest BCUT2D eigenvalue weighted by molar-refractivity contribution is 6.32. The summed E-state index contributed by atoms with van der Waals surface area (Å²) in [6.45, 7) is 0. The number of halogens is 2. The molecule has 94 valence electrons. The van der Waals surface area contributed by atoms with Gasteiger partial charge in [0.1, 0.15) is 5.82 Å². The first kappa shape index (κ1) is 11.9. The quantitative estimate of drug-likeness (QED) is 0.762. The van der Waals surface area contributed by atoms with E-state index in [1.165, 1.54) is 12.1 Å². The van der Waals surface area contributed by atoms with E-state index in [-0.39, 0.29) is 11.0 Å². The van der Waals surface area contributed by atoms with Crippen LogP contribution in [-0.2, 0) is 0 Å². The number of rotatable bonds is 2. The number of para-hydroxylation sites is 2. The number of aromatic nitrogens is 2. The maximum absolute atomic E-state index is 12.8. The second-order valence-corrected chi connectivity index (χ2v) is 4.34. The van der Waals surface area contributed by atoms with Crippen molar-refractivity contribution in [2.24, 2.45) is 0 Å². The Hall–Kier alpha value is -2.20. The van der Waals surface area contributed by atoms with Crippen LogP contribution in [0.15, 0.2) is 48.5 Å². The van der Waals surface area contributed by atoms with E-state index in [4.69, 9.17) is 11.6 Å². The van der Waals surface area contributed by atoms with Gasteiger partial charge in [-0.05, 0) is 36.4 Å². The Kier molecular flexibility index (Phi) is 3.01. The molecule has 3 aromatic rings. The number of nitrogens with one attached hydrogen (secondary N) is 1. The minimum absolute atomic E-state index is 0.281. The lowest BCUT2D eigenvalue weighted by atomic mass is 10.3. The molecular weight excluding hydrogens is 265 g/mol. The topological polar surface area (TPSA) is 37.8 Å². The zero-order valence-electron chi connectivity index (χ0n) is 9.77. The average molecular weight is 274 g/mol. The number of anilines is 2. The number of benzene rings is 2. The van der Waals surface area contributed by atoms with E-state index in [1.807, 2.05) is 24.3 Å². The zero-order valence-corrected chi connectivity index (χ0v) is 10.5.